The van der Waals surface area contributed by atoms with Crippen molar-refractivity contribution in [1.29, 1.82) is 0 Å². The first-order chi connectivity index (χ1) is 38.4. The average Bonchev–Trinajstić information content (AvgIpc) is 4.05. The molecule has 0 aliphatic carbocycles. The van der Waals surface area contributed by atoms with Gasteiger partial charge in [-0.25, -0.2) is 4.39 Å². The van der Waals surface area contributed by atoms with Crippen molar-refractivity contribution in [3.63, 3.8) is 0 Å². The summed E-state index contributed by atoms with van der Waals surface area (Å²) in [5.74, 6) is -2.04. The molecule has 4 aliphatic rings. The topological polar surface area (TPSA) is 242 Å². The third-order valence-corrected chi connectivity index (χ3v) is 17.8. The molecule has 21 nitrogen and oxygen atoms in total. The maximum atomic E-state index is 16.2. The molecule has 418 valence electrons. The van der Waals surface area contributed by atoms with Gasteiger partial charge < -0.3 is 30.6 Å². The highest BCUT2D eigenvalue weighted by Gasteiger charge is 2.43. The van der Waals surface area contributed by atoms with Crippen LogP contribution >= 0.6 is 22.9 Å². The Labute approximate surface area is 469 Å². The van der Waals surface area contributed by atoms with Crippen molar-refractivity contribution in [2.75, 3.05) is 59.4 Å². The van der Waals surface area contributed by atoms with E-state index in [2.05, 4.69) is 39.8 Å². The summed E-state index contributed by atoms with van der Waals surface area (Å²) in [6, 6.07) is 14.4. The Kier molecular flexibility index (Phi) is 15.2. The highest BCUT2D eigenvalue weighted by atomic mass is 35.5. The number of carbonyl (C=O) groups excluding carboxylic acids is 4. The minimum absolute atomic E-state index is 0.00744. The second-order valence-corrected chi connectivity index (χ2v) is 22.9. The molecule has 80 heavy (non-hydrogen) atoms. The van der Waals surface area contributed by atoms with Crippen LogP contribution in [0.4, 0.5) is 4.39 Å². The fraction of sp³-hybridized carbons (Fsp3) is 0.429. The molecular weight excluding hydrogens is 1070 g/mol. The first-order valence-corrected chi connectivity index (χ1v) is 28.1. The van der Waals surface area contributed by atoms with E-state index in [-0.39, 0.29) is 37.2 Å². The van der Waals surface area contributed by atoms with E-state index >= 15 is 4.39 Å². The summed E-state index contributed by atoms with van der Waals surface area (Å²) in [7, 11) is 3.70. The van der Waals surface area contributed by atoms with Crippen LogP contribution in [0.1, 0.15) is 83.0 Å². The van der Waals surface area contributed by atoms with Gasteiger partial charge in [0.1, 0.15) is 48.0 Å². The molecule has 0 bridgehead atoms. The number of benzene rings is 3. The molecule has 3 saturated heterocycles. The van der Waals surface area contributed by atoms with E-state index in [9.17, 15) is 29.1 Å². The molecule has 0 spiro atoms. The number of carboxylic acid groups (broad SMARTS) is 1. The van der Waals surface area contributed by atoms with Crippen LogP contribution in [0.25, 0.3) is 37.9 Å². The minimum atomic E-state index is -1.22. The number of halogens is 2. The summed E-state index contributed by atoms with van der Waals surface area (Å²) < 4.78 is 21.4. The number of piperidine rings is 1. The predicted molar refractivity (Wildman–Crippen MR) is 298 cm³/mol. The number of rotatable bonds is 14. The van der Waals surface area contributed by atoms with Crippen LogP contribution in [-0.4, -0.2) is 177 Å². The number of carboxylic acids is 1. The van der Waals surface area contributed by atoms with Gasteiger partial charge in [-0.05, 0) is 95.0 Å². The SMILES string of the molecule is Cc1sc2c(c1C)C(c1ccc(Cl)cc1)=N[C@@H](CC(=O)N1CCCC1C(O)N1CCN(C)C(C(=O)N3CCC(c4nn(CC(=O)NCC(=O)NCC(=O)O)c5cccc(-c6cc7c(cnn7C)cc6F)c45)CC3)C1)c1nnc(C)n1-2. The zero-order valence-electron chi connectivity index (χ0n) is 45.0. The number of nitrogens with zero attached hydrogens (tertiary/aromatic N) is 12. The van der Waals surface area contributed by atoms with Crippen molar-refractivity contribution >= 4 is 80.1 Å². The second kappa shape index (κ2) is 22.2. The van der Waals surface area contributed by atoms with Crippen molar-refractivity contribution < 1.29 is 38.6 Å². The smallest absolute Gasteiger partial charge is 0.322 e. The molecule has 8 heterocycles. The van der Waals surface area contributed by atoms with Gasteiger partial charge in [0.25, 0.3) is 0 Å². The number of hydrogen-bond donors (Lipinski definition) is 4. The third kappa shape index (κ3) is 10.4. The molecule has 4 aliphatic heterocycles. The van der Waals surface area contributed by atoms with Gasteiger partial charge in [-0.1, -0.05) is 35.9 Å². The highest BCUT2D eigenvalue weighted by Crippen LogP contribution is 2.42. The lowest BCUT2D eigenvalue weighted by Gasteiger charge is -2.45. The van der Waals surface area contributed by atoms with E-state index in [1.165, 1.54) is 10.7 Å². The standard InChI is InChI=1S/C56H62ClFN14O7S/c1-30-31(2)80-56-49(30)51(33-11-13-36(57)14-12-33)62-40(53-64-63-32(3)72(53)56)24-47(75)70-17-7-10-42(70)54(78)69-21-20-66(4)44(28-69)55(79)68-18-15-34(16-19-68)52-50-37(38-23-43-35(22-39(38)58)25-61-67(43)5)8-6-9-41(50)71(65-52)29-46(74)59-26-45(73)60-27-48(76)77/h6,8-9,11-14,22-23,25,34,40,42,44,54,78H,7,10,15-21,24,26-29H2,1-5H3,(H,59,74)(H,60,73)(H,76,77)/t40-,42?,44?,54?/m0/s1. The molecule has 0 saturated carbocycles. The van der Waals surface area contributed by atoms with Gasteiger partial charge in [-0.15, -0.1) is 21.5 Å². The summed E-state index contributed by atoms with van der Waals surface area (Å²) in [5, 5.41) is 47.2. The zero-order valence-corrected chi connectivity index (χ0v) is 46.6. The van der Waals surface area contributed by atoms with Crippen LogP contribution < -0.4 is 10.6 Å². The van der Waals surface area contributed by atoms with E-state index < -0.39 is 61.0 Å². The number of piperazine rings is 1. The lowest BCUT2D eigenvalue weighted by molar-refractivity contribution is -0.148. The van der Waals surface area contributed by atoms with Crippen LogP contribution in [0.15, 0.2) is 65.8 Å². The molecule has 4 N–H and O–H groups in total. The van der Waals surface area contributed by atoms with Crippen molar-refractivity contribution in [1.82, 2.24) is 64.6 Å². The van der Waals surface area contributed by atoms with Crippen LogP contribution in [0, 0.1) is 26.6 Å². The molecule has 3 unspecified atom stereocenters. The summed E-state index contributed by atoms with van der Waals surface area (Å²) in [6.45, 7) is 7.27. The van der Waals surface area contributed by atoms with E-state index in [1.54, 1.807) is 46.3 Å². The number of aliphatic imine (C=N–C) groups is 1. The summed E-state index contributed by atoms with van der Waals surface area (Å²) in [5.41, 5.74) is 6.52. The van der Waals surface area contributed by atoms with Gasteiger partial charge in [0.15, 0.2) is 5.82 Å². The molecule has 7 aromatic rings. The van der Waals surface area contributed by atoms with Crippen molar-refractivity contribution in [2.45, 2.75) is 89.7 Å². The molecule has 4 aromatic heterocycles. The lowest BCUT2D eigenvalue weighted by Crippen LogP contribution is -2.63. The van der Waals surface area contributed by atoms with Gasteiger partial charge in [-0.2, -0.15) is 10.2 Å². The van der Waals surface area contributed by atoms with Gasteiger partial charge in [0.2, 0.25) is 23.6 Å². The number of aliphatic hydroxyl groups is 1. The van der Waals surface area contributed by atoms with Crippen LogP contribution in [-0.2, 0) is 37.6 Å². The van der Waals surface area contributed by atoms with E-state index in [0.717, 1.165) is 37.8 Å². The number of aliphatic carboxylic acids is 1. The van der Waals surface area contributed by atoms with E-state index in [0.29, 0.717) is 108 Å². The maximum Gasteiger partial charge on any atom is 0.322 e. The third-order valence-electron chi connectivity index (χ3n) is 16.3. The number of fused-ring (bicyclic) bond motifs is 5. The van der Waals surface area contributed by atoms with E-state index in [1.807, 2.05) is 69.6 Å². The van der Waals surface area contributed by atoms with Crippen molar-refractivity contribution in [3.05, 3.63) is 111 Å². The fourth-order valence-corrected chi connectivity index (χ4v) is 13.3. The number of thiophene rings is 1. The van der Waals surface area contributed by atoms with Gasteiger partial charge in [-0.3, -0.25) is 52.7 Å². The van der Waals surface area contributed by atoms with Gasteiger partial charge in [0, 0.05) is 89.6 Å². The zero-order chi connectivity index (χ0) is 56.3. The lowest BCUT2D eigenvalue weighted by atomic mass is 9.88. The second-order valence-electron chi connectivity index (χ2n) is 21.3. The molecule has 24 heteroatoms. The number of aryl methyl sites for hydroxylation is 3. The fourth-order valence-electron chi connectivity index (χ4n) is 11.9. The molecule has 3 aromatic carbocycles. The Balaban J connectivity index is 0.793. The predicted octanol–water partition coefficient (Wildman–Crippen LogP) is 4.88. The van der Waals surface area contributed by atoms with Crippen molar-refractivity contribution in [2.24, 2.45) is 12.0 Å². The Morgan fingerprint density at radius 3 is 2.41 bits per heavy atom. The number of aromatic nitrogens is 7. The number of likely N-dealkylation sites (tertiary alicyclic amines) is 2. The highest BCUT2D eigenvalue weighted by molar-refractivity contribution is 7.15. The van der Waals surface area contributed by atoms with Crippen molar-refractivity contribution in [3.8, 4) is 16.1 Å². The monoisotopic (exact) mass is 1130 g/mol. The van der Waals surface area contributed by atoms with Gasteiger partial charge >= 0.3 is 5.97 Å². The first-order valence-electron chi connectivity index (χ1n) is 26.9. The van der Waals surface area contributed by atoms with Crippen LogP contribution in [0.3, 0.4) is 0 Å². The molecule has 11 rings (SSSR count). The molecular formula is C56H62ClFN14O7S. The summed E-state index contributed by atoms with van der Waals surface area (Å²) in [6.07, 6.45) is 2.91. The summed E-state index contributed by atoms with van der Waals surface area (Å²) >= 11 is 7.98. The quantitative estimate of drug-likeness (QED) is 0.114. The minimum Gasteiger partial charge on any atom is -0.480 e. The van der Waals surface area contributed by atoms with Crippen LogP contribution in [0.2, 0.25) is 5.02 Å². The Morgan fingerprint density at radius 1 is 0.887 bits per heavy atom. The first kappa shape index (κ1) is 54.5. The Morgan fingerprint density at radius 2 is 1.65 bits per heavy atom. The Bertz CT molecular complexity index is 3620. The number of aliphatic hydroxyl groups excluding tert-OH is 1. The molecule has 4 atom stereocenters. The number of hydrogen-bond acceptors (Lipinski definition) is 14. The number of likely N-dealkylation sites (N-methyl/N-ethyl adjacent to an activating group) is 1. The molecule has 0 radical (unpaired) electrons. The number of nitrogens with one attached hydrogen (secondary N) is 2. The normalized spacial score (nSPS) is 19.4. The Hall–Kier alpha value is -7.44. The van der Waals surface area contributed by atoms with E-state index in [4.69, 9.17) is 26.8 Å². The molecule has 4 amide bonds. The summed E-state index contributed by atoms with van der Waals surface area (Å²) in [4.78, 5) is 79.9. The van der Waals surface area contributed by atoms with Crippen LogP contribution in [0.5, 0.6) is 0 Å². The largest absolute Gasteiger partial charge is 0.480 e. The number of carbonyl (C=O) groups is 5. The maximum absolute atomic E-state index is 16.2. The molecule has 3 fully saturated rings. The van der Waals surface area contributed by atoms with Gasteiger partial charge in [0.05, 0.1) is 47.6 Å². The average molecular weight is 1130 g/mol. The number of amides is 4.